The van der Waals surface area contributed by atoms with Gasteiger partial charge in [-0.2, -0.15) is 0 Å². The van der Waals surface area contributed by atoms with Gasteiger partial charge >= 0.3 is 11.9 Å². The van der Waals surface area contributed by atoms with Gasteiger partial charge in [0.25, 0.3) is 5.78 Å². The molecule has 9 heteroatoms. The van der Waals surface area contributed by atoms with Crippen LogP contribution in [0.5, 0.6) is 0 Å². The van der Waals surface area contributed by atoms with E-state index in [0.29, 0.717) is 11.3 Å². The number of carbonyl (C=O) groups is 3. The lowest BCUT2D eigenvalue weighted by Gasteiger charge is -2.23. The van der Waals surface area contributed by atoms with E-state index in [1.54, 1.807) is 19.1 Å². The van der Waals surface area contributed by atoms with Gasteiger partial charge in [-0.15, -0.1) is 0 Å². The summed E-state index contributed by atoms with van der Waals surface area (Å²) < 4.78 is 23.1. The highest BCUT2D eigenvalue weighted by molar-refractivity contribution is 6.51. The van der Waals surface area contributed by atoms with Crippen LogP contribution in [-0.4, -0.2) is 35.0 Å². The summed E-state index contributed by atoms with van der Waals surface area (Å²) in [5.41, 5.74) is 0.662. The van der Waals surface area contributed by atoms with Crippen molar-refractivity contribution in [1.29, 1.82) is 0 Å². The Morgan fingerprint density at radius 3 is 2.28 bits per heavy atom. The number of aryl methyl sites for hydroxylation is 1. The van der Waals surface area contributed by atoms with Crippen LogP contribution in [0.4, 0.5) is 10.2 Å². The molecule has 1 aromatic heterocycles. The Morgan fingerprint density at radius 2 is 1.72 bits per heavy atom. The monoisotopic (exact) mass is 436 g/mol. The summed E-state index contributed by atoms with van der Waals surface area (Å²) in [5, 5.41) is 14.8. The van der Waals surface area contributed by atoms with E-state index in [1.165, 1.54) is 37.4 Å². The maximum Gasteiger partial charge on any atom is 0.337 e. The minimum atomic E-state index is -1.06. The third-order valence-electron chi connectivity index (χ3n) is 5.07. The molecular weight excluding hydrogens is 419 g/mol. The maximum atomic E-state index is 13.3. The van der Waals surface area contributed by atoms with Crippen molar-refractivity contribution in [3.8, 4) is 0 Å². The Balaban J connectivity index is 1.90. The van der Waals surface area contributed by atoms with Gasteiger partial charge in [-0.1, -0.05) is 17.3 Å². The number of esters is 1. The molecule has 0 bridgehead atoms. The number of aliphatic hydroxyl groups excluding tert-OH is 1. The molecule has 32 heavy (non-hydrogen) atoms. The van der Waals surface area contributed by atoms with Crippen LogP contribution in [0.25, 0.3) is 5.76 Å². The lowest BCUT2D eigenvalue weighted by atomic mass is 9.94. The summed E-state index contributed by atoms with van der Waals surface area (Å²) in [6, 6.07) is 11.3. The molecule has 1 unspecified atom stereocenters. The molecule has 1 saturated heterocycles. The van der Waals surface area contributed by atoms with E-state index >= 15 is 0 Å². The van der Waals surface area contributed by atoms with E-state index in [0.717, 1.165) is 17.0 Å². The molecule has 162 valence electrons. The first-order chi connectivity index (χ1) is 15.3. The second-order valence-electron chi connectivity index (χ2n) is 7.09. The van der Waals surface area contributed by atoms with Crippen LogP contribution in [0.1, 0.15) is 33.3 Å². The lowest BCUT2D eigenvalue weighted by molar-refractivity contribution is -0.132. The average molecular weight is 436 g/mol. The fourth-order valence-electron chi connectivity index (χ4n) is 3.53. The predicted octanol–water partition coefficient (Wildman–Crippen LogP) is 3.54. The molecule has 2 aromatic carbocycles. The van der Waals surface area contributed by atoms with Crippen LogP contribution < -0.4 is 4.90 Å². The van der Waals surface area contributed by atoms with Crippen LogP contribution >= 0.6 is 0 Å². The van der Waals surface area contributed by atoms with Crippen molar-refractivity contribution in [3.63, 3.8) is 0 Å². The van der Waals surface area contributed by atoms with Gasteiger partial charge < -0.3 is 14.4 Å². The standard InChI is InChI=1S/C23H17FN2O6/c1-12-11-17(25-32-12)26-19(13-3-5-15(6-4-13)23(30)31-2)18(21(28)22(26)29)20(27)14-7-9-16(24)10-8-14/h3-11,19,27H,1-2H3/b20-18+. The van der Waals surface area contributed by atoms with Gasteiger partial charge in [-0.3, -0.25) is 14.5 Å². The van der Waals surface area contributed by atoms with E-state index in [1.807, 2.05) is 0 Å². The molecule has 0 aliphatic carbocycles. The van der Waals surface area contributed by atoms with Gasteiger partial charge in [0.1, 0.15) is 17.3 Å². The first kappa shape index (κ1) is 21.0. The number of ketones is 1. The molecule has 1 aliphatic heterocycles. The second kappa shape index (κ2) is 8.10. The predicted molar refractivity (Wildman–Crippen MR) is 110 cm³/mol. The van der Waals surface area contributed by atoms with Crippen molar-refractivity contribution in [2.75, 3.05) is 12.0 Å². The highest BCUT2D eigenvalue weighted by Crippen LogP contribution is 2.41. The number of Topliss-reactive ketones (excluding diaryl/α,β-unsaturated/α-hetero) is 1. The summed E-state index contributed by atoms with van der Waals surface area (Å²) in [7, 11) is 1.25. The van der Waals surface area contributed by atoms with Gasteiger partial charge in [-0.05, 0) is 48.9 Å². The van der Waals surface area contributed by atoms with Gasteiger partial charge in [0.15, 0.2) is 5.82 Å². The van der Waals surface area contributed by atoms with Crippen molar-refractivity contribution >= 4 is 29.2 Å². The summed E-state index contributed by atoms with van der Waals surface area (Å²) >= 11 is 0. The highest BCUT2D eigenvalue weighted by atomic mass is 19.1. The Hall–Kier alpha value is -4.27. The van der Waals surface area contributed by atoms with Crippen LogP contribution in [0.3, 0.4) is 0 Å². The number of carbonyl (C=O) groups excluding carboxylic acids is 3. The van der Waals surface area contributed by atoms with E-state index in [-0.39, 0.29) is 22.5 Å². The molecule has 0 saturated carbocycles. The van der Waals surface area contributed by atoms with E-state index in [4.69, 9.17) is 9.26 Å². The second-order valence-corrected chi connectivity index (χ2v) is 7.09. The molecule has 8 nitrogen and oxygen atoms in total. The smallest absolute Gasteiger partial charge is 0.337 e. The van der Waals surface area contributed by atoms with Gasteiger partial charge in [0.2, 0.25) is 0 Å². The molecule has 0 spiro atoms. The zero-order valence-corrected chi connectivity index (χ0v) is 17.0. The first-order valence-corrected chi connectivity index (χ1v) is 9.50. The minimum Gasteiger partial charge on any atom is -0.507 e. The van der Waals surface area contributed by atoms with E-state index in [2.05, 4.69) is 5.16 Å². The first-order valence-electron chi connectivity index (χ1n) is 9.50. The Bertz CT molecular complexity index is 1240. The molecule has 3 aromatic rings. The summed E-state index contributed by atoms with van der Waals surface area (Å²) in [6.45, 7) is 1.63. The number of nitrogens with zero attached hydrogens (tertiary/aromatic N) is 2. The molecule has 0 radical (unpaired) electrons. The molecule has 1 N–H and O–H groups in total. The van der Waals surface area contributed by atoms with E-state index < -0.39 is 35.3 Å². The molecule has 1 fully saturated rings. The zero-order valence-electron chi connectivity index (χ0n) is 17.0. The third kappa shape index (κ3) is 3.53. The topological polar surface area (TPSA) is 110 Å². The van der Waals surface area contributed by atoms with Crippen molar-refractivity contribution in [3.05, 3.63) is 88.4 Å². The Morgan fingerprint density at radius 1 is 1.09 bits per heavy atom. The van der Waals surface area contributed by atoms with E-state index in [9.17, 15) is 23.9 Å². The van der Waals surface area contributed by atoms with Crippen LogP contribution in [0.2, 0.25) is 0 Å². The number of methoxy groups -OCH3 is 1. The number of amides is 1. The fourth-order valence-corrected chi connectivity index (χ4v) is 3.53. The number of ether oxygens (including phenoxy) is 1. The largest absolute Gasteiger partial charge is 0.507 e. The molecule has 1 atom stereocenters. The van der Waals surface area contributed by atoms with Crippen LogP contribution in [0, 0.1) is 12.7 Å². The molecular formula is C23H17FN2O6. The number of benzene rings is 2. The average Bonchev–Trinajstić information content (AvgIpc) is 3.34. The van der Waals surface area contributed by atoms with Gasteiger partial charge in [0, 0.05) is 11.6 Å². The summed E-state index contributed by atoms with van der Waals surface area (Å²) in [6.07, 6.45) is 0. The van der Waals surface area contributed by atoms with Crippen molar-refractivity contribution in [2.45, 2.75) is 13.0 Å². The normalized spacial score (nSPS) is 17.6. The Labute approximate surface area is 181 Å². The lowest BCUT2D eigenvalue weighted by Crippen LogP contribution is -2.29. The Kier molecular flexibility index (Phi) is 5.31. The van der Waals surface area contributed by atoms with Crippen LogP contribution in [0.15, 0.2) is 64.7 Å². The number of halogens is 1. The molecule has 2 heterocycles. The maximum absolute atomic E-state index is 13.3. The minimum absolute atomic E-state index is 0.0878. The van der Waals surface area contributed by atoms with Crippen molar-refractivity contribution in [1.82, 2.24) is 5.16 Å². The number of aromatic nitrogens is 1. The number of hydrogen-bond acceptors (Lipinski definition) is 7. The van der Waals surface area contributed by atoms with Crippen molar-refractivity contribution < 1.29 is 33.1 Å². The molecule has 1 amide bonds. The van der Waals surface area contributed by atoms with Crippen LogP contribution in [-0.2, 0) is 14.3 Å². The summed E-state index contributed by atoms with van der Waals surface area (Å²) in [4.78, 5) is 38.8. The van der Waals surface area contributed by atoms with Gasteiger partial charge in [-0.25, -0.2) is 9.18 Å². The third-order valence-corrected chi connectivity index (χ3v) is 5.07. The fraction of sp³-hybridized carbons (Fsp3) is 0.130. The SMILES string of the molecule is COC(=O)c1ccc(C2/C(=C(\O)c3ccc(F)cc3)C(=O)C(=O)N2c2cc(C)on2)cc1. The highest BCUT2D eigenvalue weighted by Gasteiger charge is 2.48. The number of anilines is 1. The summed E-state index contributed by atoms with van der Waals surface area (Å²) in [5.74, 6) is -2.88. The quantitative estimate of drug-likeness (QED) is 0.288. The zero-order chi connectivity index (χ0) is 23.0. The molecule has 4 rings (SSSR count). The van der Waals surface area contributed by atoms with Crippen molar-refractivity contribution in [2.24, 2.45) is 0 Å². The number of hydrogen-bond donors (Lipinski definition) is 1. The number of rotatable bonds is 4. The number of aliphatic hydroxyl groups is 1. The van der Waals surface area contributed by atoms with Gasteiger partial charge in [0.05, 0.1) is 24.3 Å². The molecule has 1 aliphatic rings.